The first-order valence-electron chi connectivity index (χ1n) is 15.8. The fourth-order valence-corrected chi connectivity index (χ4v) is 5.31. The summed E-state index contributed by atoms with van der Waals surface area (Å²) >= 11 is 5.70. The highest BCUT2D eigenvalue weighted by atomic mass is 35.5. The van der Waals surface area contributed by atoms with Crippen LogP contribution >= 0.6 is 11.6 Å². The maximum absolute atomic E-state index is 5.70. The Bertz CT molecular complexity index is 1220. The molecule has 3 aromatic heterocycles. The number of unbranched alkanes of at least 4 members (excludes halogenated alkanes) is 3. The standard InChI is InChI=1S/C22H33N3O2.C9H12ClNO.C5H12/c1-8-9-10-25(13-19-17(4)21(26-6)15(2)11-23-19)14-20-18(5)22(27-7)16(3)12-24-20;1-6-5-11-8(4-10)7(2)9(6)12-3;1-3-5-4-2/h11-12H,8-10,13-14H2,1-7H3;5H,4H2,1-3H3;3-5H2,1-2H3. The van der Waals surface area contributed by atoms with Crippen LogP contribution in [0.15, 0.2) is 18.6 Å². The number of ether oxygens (including phenoxy) is 3. The molecule has 0 N–H and O–H groups in total. The predicted molar refractivity (Wildman–Crippen MR) is 185 cm³/mol. The Labute approximate surface area is 272 Å². The van der Waals surface area contributed by atoms with Crippen LogP contribution in [0.1, 0.15) is 103 Å². The molecule has 7 nitrogen and oxygen atoms in total. The molecule has 3 heterocycles. The van der Waals surface area contributed by atoms with Crippen LogP contribution in [0.25, 0.3) is 0 Å². The van der Waals surface area contributed by atoms with Gasteiger partial charge in [0.15, 0.2) is 0 Å². The zero-order valence-corrected chi connectivity index (χ0v) is 30.2. The average molecular weight is 629 g/mol. The van der Waals surface area contributed by atoms with Crippen LogP contribution in [0.3, 0.4) is 0 Å². The number of rotatable bonds is 13. The lowest BCUT2D eigenvalue weighted by molar-refractivity contribution is 0.244. The Morgan fingerprint density at radius 2 is 0.909 bits per heavy atom. The number of pyridine rings is 3. The van der Waals surface area contributed by atoms with Crippen LogP contribution < -0.4 is 14.2 Å². The zero-order chi connectivity index (χ0) is 33.2. The minimum Gasteiger partial charge on any atom is -0.496 e. The Balaban J connectivity index is 0.000000467. The van der Waals surface area contributed by atoms with Gasteiger partial charge in [-0.05, 0) is 54.5 Å². The van der Waals surface area contributed by atoms with Crippen molar-refractivity contribution in [2.45, 2.75) is 113 Å². The number of aryl methyl sites for hydroxylation is 3. The Kier molecular flexibility index (Phi) is 18.6. The first kappa shape index (κ1) is 39.1. The van der Waals surface area contributed by atoms with Crippen LogP contribution in [0, 0.1) is 41.5 Å². The van der Waals surface area contributed by atoms with Gasteiger partial charge in [0, 0.05) is 65.1 Å². The van der Waals surface area contributed by atoms with Crippen molar-refractivity contribution in [3.63, 3.8) is 0 Å². The third-order valence-corrected chi connectivity index (χ3v) is 7.91. The van der Waals surface area contributed by atoms with E-state index >= 15 is 0 Å². The molecule has 0 atom stereocenters. The number of alkyl halides is 1. The van der Waals surface area contributed by atoms with Gasteiger partial charge in [-0.25, -0.2) is 0 Å². The van der Waals surface area contributed by atoms with E-state index in [1.807, 2.05) is 40.1 Å². The van der Waals surface area contributed by atoms with E-state index in [2.05, 4.69) is 54.5 Å². The molecule has 3 aromatic rings. The van der Waals surface area contributed by atoms with Crippen LogP contribution in [-0.4, -0.2) is 47.7 Å². The average Bonchev–Trinajstić information content (AvgIpc) is 3.00. The van der Waals surface area contributed by atoms with E-state index in [0.29, 0.717) is 5.88 Å². The number of hydrogen-bond donors (Lipinski definition) is 0. The summed E-state index contributed by atoms with van der Waals surface area (Å²) in [5, 5.41) is 0. The summed E-state index contributed by atoms with van der Waals surface area (Å²) < 4.78 is 16.4. The molecule has 0 radical (unpaired) electrons. The second-order valence-electron chi connectivity index (χ2n) is 11.2. The van der Waals surface area contributed by atoms with Crippen LogP contribution in [-0.2, 0) is 19.0 Å². The monoisotopic (exact) mass is 628 g/mol. The van der Waals surface area contributed by atoms with Crippen molar-refractivity contribution >= 4 is 11.6 Å². The molecule has 3 rings (SSSR count). The van der Waals surface area contributed by atoms with Crippen molar-refractivity contribution in [1.82, 2.24) is 19.9 Å². The van der Waals surface area contributed by atoms with Crippen molar-refractivity contribution in [3.05, 3.63) is 69.1 Å². The summed E-state index contributed by atoms with van der Waals surface area (Å²) in [6, 6.07) is 0. The van der Waals surface area contributed by atoms with E-state index in [4.69, 9.17) is 25.8 Å². The molecule has 0 aliphatic carbocycles. The molecule has 0 aromatic carbocycles. The van der Waals surface area contributed by atoms with Crippen LogP contribution in [0.2, 0.25) is 0 Å². The zero-order valence-electron chi connectivity index (χ0n) is 29.5. The number of aromatic nitrogens is 3. The summed E-state index contributed by atoms with van der Waals surface area (Å²) in [6.07, 6.45) is 12.0. The van der Waals surface area contributed by atoms with Crippen molar-refractivity contribution < 1.29 is 14.2 Å². The largest absolute Gasteiger partial charge is 0.496 e. The smallest absolute Gasteiger partial charge is 0.128 e. The fourth-order valence-electron chi connectivity index (χ4n) is 5.04. The van der Waals surface area contributed by atoms with Crippen LogP contribution in [0.5, 0.6) is 17.2 Å². The molecule has 0 unspecified atom stereocenters. The van der Waals surface area contributed by atoms with Gasteiger partial charge in [0.25, 0.3) is 0 Å². The Morgan fingerprint density at radius 3 is 1.20 bits per heavy atom. The molecular formula is C36H57ClN4O3. The third kappa shape index (κ3) is 11.6. The van der Waals surface area contributed by atoms with Crippen molar-refractivity contribution in [2.24, 2.45) is 0 Å². The molecule has 246 valence electrons. The SMILES string of the molecule is CCCCC.CCCCN(Cc1ncc(C)c(OC)c1C)Cc1ncc(C)c(OC)c1C.COc1c(C)cnc(CCl)c1C. The van der Waals surface area contributed by atoms with E-state index < -0.39 is 0 Å². The molecule has 0 spiro atoms. The molecule has 0 aliphatic rings. The van der Waals surface area contributed by atoms with E-state index in [9.17, 15) is 0 Å². The van der Waals surface area contributed by atoms with Gasteiger partial charge in [0.1, 0.15) is 17.2 Å². The fraction of sp³-hybridized carbons (Fsp3) is 0.583. The van der Waals surface area contributed by atoms with Gasteiger partial charge in [-0.1, -0.05) is 46.5 Å². The maximum atomic E-state index is 5.70. The Morgan fingerprint density at radius 1 is 0.568 bits per heavy atom. The van der Waals surface area contributed by atoms with Crippen LogP contribution in [0.4, 0.5) is 0 Å². The van der Waals surface area contributed by atoms with Crippen molar-refractivity contribution in [1.29, 1.82) is 0 Å². The molecule has 0 bridgehead atoms. The number of hydrogen-bond acceptors (Lipinski definition) is 7. The second-order valence-corrected chi connectivity index (χ2v) is 11.5. The molecule has 0 saturated carbocycles. The first-order chi connectivity index (χ1) is 21.0. The molecule has 44 heavy (non-hydrogen) atoms. The molecule has 0 amide bonds. The quantitative estimate of drug-likeness (QED) is 0.175. The molecular weight excluding hydrogens is 572 g/mol. The normalized spacial score (nSPS) is 10.5. The summed E-state index contributed by atoms with van der Waals surface area (Å²) in [5.74, 6) is 3.19. The number of halogens is 1. The van der Waals surface area contributed by atoms with Gasteiger partial charge in [0.05, 0.1) is 44.3 Å². The van der Waals surface area contributed by atoms with E-state index in [1.54, 1.807) is 27.5 Å². The van der Waals surface area contributed by atoms with Gasteiger partial charge in [-0.15, -0.1) is 11.6 Å². The van der Waals surface area contributed by atoms with Gasteiger partial charge in [-0.2, -0.15) is 0 Å². The number of methoxy groups -OCH3 is 3. The van der Waals surface area contributed by atoms with Gasteiger partial charge < -0.3 is 14.2 Å². The highest BCUT2D eigenvalue weighted by molar-refractivity contribution is 6.17. The Hall–Kier alpha value is -2.90. The van der Waals surface area contributed by atoms with E-state index in [-0.39, 0.29) is 0 Å². The van der Waals surface area contributed by atoms with E-state index in [1.165, 1.54) is 19.3 Å². The topological polar surface area (TPSA) is 69.6 Å². The summed E-state index contributed by atoms with van der Waals surface area (Å²) in [4.78, 5) is 16.0. The van der Waals surface area contributed by atoms with E-state index in [0.717, 1.165) is 100 Å². The van der Waals surface area contributed by atoms with Gasteiger partial charge >= 0.3 is 0 Å². The van der Waals surface area contributed by atoms with Gasteiger partial charge in [0.2, 0.25) is 0 Å². The second kappa shape index (κ2) is 20.9. The summed E-state index contributed by atoms with van der Waals surface area (Å²) in [6.45, 7) is 21.4. The lowest BCUT2D eigenvalue weighted by Gasteiger charge is -2.24. The maximum Gasteiger partial charge on any atom is 0.128 e. The lowest BCUT2D eigenvalue weighted by Crippen LogP contribution is -2.26. The van der Waals surface area contributed by atoms with Gasteiger partial charge in [-0.3, -0.25) is 19.9 Å². The molecule has 0 aliphatic heterocycles. The molecule has 8 heteroatoms. The summed E-state index contributed by atoms with van der Waals surface area (Å²) in [7, 11) is 5.10. The molecule has 0 saturated heterocycles. The highest BCUT2D eigenvalue weighted by Crippen LogP contribution is 2.28. The lowest BCUT2D eigenvalue weighted by atomic mass is 10.1. The van der Waals surface area contributed by atoms with Crippen molar-refractivity contribution in [2.75, 3.05) is 27.9 Å². The minimum atomic E-state index is 0.433. The predicted octanol–water partition coefficient (Wildman–Crippen LogP) is 9.17. The highest BCUT2D eigenvalue weighted by Gasteiger charge is 2.17. The van der Waals surface area contributed by atoms with Crippen molar-refractivity contribution in [3.8, 4) is 17.2 Å². The molecule has 0 fully saturated rings. The third-order valence-electron chi connectivity index (χ3n) is 7.66. The first-order valence-corrected chi connectivity index (χ1v) is 16.3. The minimum absolute atomic E-state index is 0.433. The number of nitrogens with zero attached hydrogens (tertiary/aromatic N) is 4. The summed E-state index contributed by atoms with van der Waals surface area (Å²) in [5.41, 5.74) is 9.46.